The smallest absolute Gasteiger partial charge is 0.193 e. The lowest BCUT2D eigenvalue weighted by Crippen LogP contribution is -2.48. The number of aryl methyl sites for hydroxylation is 2. The van der Waals surface area contributed by atoms with Crippen molar-refractivity contribution >= 4 is 41.7 Å². The molecule has 1 unspecified atom stereocenters. The second-order valence-electron chi connectivity index (χ2n) is 5.64. The maximum Gasteiger partial charge on any atom is 0.193 e. The molecule has 2 heterocycles. The van der Waals surface area contributed by atoms with E-state index in [1.807, 2.05) is 13.8 Å². The van der Waals surface area contributed by atoms with E-state index in [1.54, 1.807) is 0 Å². The molecule has 7 heteroatoms. The van der Waals surface area contributed by atoms with E-state index in [1.165, 1.54) is 17.7 Å². The third-order valence-corrected chi connectivity index (χ3v) is 5.41. The van der Waals surface area contributed by atoms with Crippen molar-refractivity contribution in [2.24, 2.45) is 4.99 Å². The third-order valence-electron chi connectivity index (χ3n) is 4.03. The minimum absolute atomic E-state index is 0. The molecule has 1 aromatic heterocycles. The van der Waals surface area contributed by atoms with Crippen LogP contribution in [0.5, 0.6) is 0 Å². The standard InChI is InChI=1S/C16H28N4OS.HI/c1-5-14-11-20(9-10-22-14)16(17-6-2)18-8-7-15-12(3)19-21-13(15)4;/h14H,5-11H2,1-4H3,(H,17,18);1H. The fourth-order valence-electron chi connectivity index (χ4n) is 2.72. The van der Waals surface area contributed by atoms with Gasteiger partial charge in [0.15, 0.2) is 5.96 Å². The Bertz CT molecular complexity index is 487. The number of hydrogen-bond donors (Lipinski definition) is 1. The average Bonchev–Trinajstić information content (AvgIpc) is 2.86. The first kappa shape index (κ1) is 20.6. The molecule has 0 radical (unpaired) electrons. The molecule has 132 valence electrons. The molecule has 2 rings (SSSR count). The van der Waals surface area contributed by atoms with Crippen LogP contribution in [0, 0.1) is 13.8 Å². The van der Waals surface area contributed by atoms with Crippen LogP contribution in [0.2, 0.25) is 0 Å². The van der Waals surface area contributed by atoms with Gasteiger partial charge in [0.1, 0.15) is 5.76 Å². The molecule has 0 saturated carbocycles. The summed E-state index contributed by atoms with van der Waals surface area (Å²) in [6.45, 7) is 12.2. The Morgan fingerprint density at radius 1 is 1.43 bits per heavy atom. The molecule has 0 aliphatic carbocycles. The Morgan fingerprint density at radius 3 is 2.83 bits per heavy atom. The summed E-state index contributed by atoms with van der Waals surface area (Å²) in [5, 5.41) is 8.17. The van der Waals surface area contributed by atoms with Gasteiger partial charge in [0.25, 0.3) is 0 Å². The normalized spacial score (nSPS) is 18.7. The van der Waals surface area contributed by atoms with E-state index in [9.17, 15) is 0 Å². The predicted octanol–water partition coefficient (Wildman–Crippen LogP) is 3.24. The van der Waals surface area contributed by atoms with Gasteiger partial charge in [-0.1, -0.05) is 12.1 Å². The summed E-state index contributed by atoms with van der Waals surface area (Å²) in [6.07, 6.45) is 2.11. The maximum atomic E-state index is 5.22. The van der Waals surface area contributed by atoms with Gasteiger partial charge in [0, 0.05) is 42.7 Å². The molecule has 0 aromatic carbocycles. The number of hydrogen-bond acceptors (Lipinski definition) is 4. The number of nitrogens with one attached hydrogen (secondary N) is 1. The highest BCUT2D eigenvalue weighted by atomic mass is 127. The van der Waals surface area contributed by atoms with Crippen molar-refractivity contribution in [1.82, 2.24) is 15.4 Å². The highest BCUT2D eigenvalue weighted by molar-refractivity contribution is 14.0. The number of aliphatic imine (C=N–C) groups is 1. The Hall–Kier alpha value is -0.440. The van der Waals surface area contributed by atoms with E-state index in [2.05, 4.69) is 41.0 Å². The van der Waals surface area contributed by atoms with Crippen molar-refractivity contribution < 1.29 is 4.52 Å². The van der Waals surface area contributed by atoms with Crippen LogP contribution < -0.4 is 5.32 Å². The number of guanidine groups is 1. The quantitative estimate of drug-likeness (QED) is 0.423. The van der Waals surface area contributed by atoms with Gasteiger partial charge in [-0.05, 0) is 33.6 Å². The first-order chi connectivity index (χ1) is 10.7. The maximum absolute atomic E-state index is 5.22. The molecular formula is C16H29IN4OS. The summed E-state index contributed by atoms with van der Waals surface area (Å²) in [7, 11) is 0. The SMILES string of the molecule is CCNC(=NCCc1c(C)noc1C)N1CCSC(CC)C1.I. The van der Waals surface area contributed by atoms with Gasteiger partial charge in [-0.3, -0.25) is 4.99 Å². The molecule has 1 aliphatic heterocycles. The lowest BCUT2D eigenvalue weighted by Gasteiger charge is -2.34. The number of rotatable bonds is 5. The first-order valence-electron chi connectivity index (χ1n) is 8.22. The molecule has 1 aliphatic rings. The van der Waals surface area contributed by atoms with Gasteiger partial charge < -0.3 is 14.7 Å². The molecule has 23 heavy (non-hydrogen) atoms. The van der Waals surface area contributed by atoms with Crippen molar-refractivity contribution in [3.05, 3.63) is 17.0 Å². The van der Waals surface area contributed by atoms with Crippen molar-refractivity contribution in [2.75, 3.05) is 31.9 Å². The number of thioether (sulfide) groups is 1. The van der Waals surface area contributed by atoms with Gasteiger partial charge >= 0.3 is 0 Å². The lowest BCUT2D eigenvalue weighted by atomic mass is 10.1. The molecular weight excluding hydrogens is 423 g/mol. The second kappa shape index (κ2) is 10.4. The Morgan fingerprint density at radius 2 is 2.22 bits per heavy atom. The first-order valence-corrected chi connectivity index (χ1v) is 9.27. The fraction of sp³-hybridized carbons (Fsp3) is 0.750. The van der Waals surface area contributed by atoms with E-state index in [0.717, 1.165) is 55.3 Å². The van der Waals surface area contributed by atoms with Gasteiger partial charge in [-0.15, -0.1) is 24.0 Å². The molecule has 1 saturated heterocycles. The van der Waals surface area contributed by atoms with Crippen LogP contribution >= 0.6 is 35.7 Å². The highest BCUT2D eigenvalue weighted by Gasteiger charge is 2.21. The van der Waals surface area contributed by atoms with E-state index in [0.29, 0.717) is 0 Å². The second-order valence-corrected chi connectivity index (χ2v) is 7.04. The van der Waals surface area contributed by atoms with Crippen LogP contribution in [0.15, 0.2) is 9.52 Å². The van der Waals surface area contributed by atoms with Crippen LogP contribution in [0.4, 0.5) is 0 Å². The number of nitrogens with zero attached hydrogens (tertiary/aromatic N) is 3. The summed E-state index contributed by atoms with van der Waals surface area (Å²) < 4.78 is 5.22. The molecule has 1 fully saturated rings. The molecule has 0 amide bonds. The Labute approximate surface area is 161 Å². The van der Waals surface area contributed by atoms with E-state index in [-0.39, 0.29) is 24.0 Å². The monoisotopic (exact) mass is 452 g/mol. The summed E-state index contributed by atoms with van der Waals surface area (Å²) in [5.41, 5.74) is 2.18. The van der Waals surface area contributed by atoms with Crippen LogP contribution in [-0.2, 0) is 6.42 Å². The zero-order valence-electron chi connectivity index (χ0n) is 14.6. The summed E-state index contributed by atoms with van der Waals surface area (Å²) in [5.74, 6) is 3.15. The summed E-state index contributed by atoms with van der Waals surface area (Å²) >= 11 is 2.08. The number of aromatic nitrogens is 1. The topological polar surface area (TPSA) is 53.7 Å². The predicted molar refractivity (Wildman–Crippen MR) is 109 cm³/mol. The van der Waals surface area contributed by atoms with E-state index in [4.69, 9.17) is 9.52 Å². The zero-order valence-corrected chi connectivity index (χ0v) is 17.7. The Balaban J connectivity index is 0.00000264. The van der Waals surface area contributed by atoms with Crippen LogP contribution in [0.25, 0.3) is 0 Å². The fourth-order valence-corrected chi connectivity index (χ4v) is 3.90. The molecule has 1 N–H and O–H groups in total. The van der Waals surface area contributed by atoms with Crippen LogP contribution in [0.3, 0.4) is 0 Å². The van der Waals surface area contributed by atoms with Crippen molar-refractivity contribution in [1.29, 1.82) is 0 Å². The average molecular weight is 452 g/mol. The van der Waals surface area contributed by atoms with Gasteiger partial charge in [-0.25, -0.2) is 0 Å². The van der Waals surface area contributed by atoms with Gasteiger partial charge in [0.05, 0.1) is 5.69 Å². The summed E-state index contributed by atoms with van der Waals surface area (Å²) in [4.78, 5) is 7.22. The molecule has 5 nitrogen and oxygen atoms in total. The minimum atomic E-state index is 0. The van der Waals surface area contributed by atoms with Crippen molar-refractivity contribution in [2.45, 2.75) is 45.8 Å². The highest BCUT2D eigenvalue weighted by Crippen LogP contribution is 2.21. The van der Waals surface area contributed by atoms with Gasteiger partial charge in [-0.2, -0.15) is 11.8 Å². The molecule has 1 aromatic rings. The molecule has 1 atom stereocenters. The summed E-state index contributed by atoms with van der Waals surface area (Å²) in [6, 6.07) is 0. The van der Waals surface area contributed by atoms with Crippen molar-refractivity contribution in [3.8, 4) is 0 Å². The third kappa shape index (κ3) is 5.85. The zero-order chi connectivity index (χ0) is 15.9. The number of halogens is 1. The van der Waals surface area contributed by atoms with Crippen LogP contribution in [-0.4, -0.2) is 53.2 Å². The lowest BCUT2D eigenvalue weighted by molar-refractivity contribution is 0.392. The van der Waals surface area contributed by atoms with E-state index < -0.39 is 0 Å². The van der Waals surface area contributed by atoms with Crippen LogP contribution in [0.1, 0.15) is 37.3 Å². The van der Waals surface area contributed by atoms with Gasteiger partial charge in [0.2, 0.25) is 0 Å². The van der Waals surface area contributed by atoms with Crippen molar-refractivity contribution in [3.63, 3.8) is 0 Å². The largest absolute Gasteiger partial charge is 0.361 e. The molecule has 0 spiro atoms. The van der Waals surface area contributed by atoms with E-state index >= 15 is 0 Å². The minimum Gasteiger partial charge on any atom is -0.361 e. The molecule has 0 bridgehead atoms. The Kier molecular flexibility index (Phi) is 9.34.